The number of alkyl halides is 3. The summed E-state index contributed by atoms with van der Waals surface area (Å²) in [6.45, 7) is 1.22. The van der Waals surface area contributed by atoms with Crippen LogP contribution < -0.4 is 14.4 Å². The van der Waals surface area contributed by atoms with Crippen molar-refractivity contribution in [2.24, 2.45) is 0 Å². The number of sulfonamides is 1. The maximum Gasteiger partial charge on any atom is 0.416 e. The first-order valence-corrected chi connectivity index (χ1v) is 16.4. The molecule has 4 aromatic carbocycles. The Kier molecular flexibility index (Phi) is 11.7. The molecule has 0 saturated heterocycles. The summed E-state index contributed by atoms with van der Waals surface area (Å²) in [5, 5.41) is 2.85. The predicted molar refractivity (Wildman–Crippen MR) is 173 cm³/mol. The lowest BCUT2D eigenvalue weighted by molar-refractivity contribution is -0.140. The molecule has 0 saturated carbocycles. The molecule has 0 spiro atoms. The topological polar surface area (TPSA) is 96.0 Å². The zero-order valence-electron chi connectivity index (χ0n) is 26.0. The van der Waals surface area contributed by atoms with Crippen molar-refractivity contribution in [1.82, 2.24) is 10.2 Å². The number of hydrogen-bond donors (Lipinski definition) is 1. The van der Waals surface area contributed by atoms with E-state index < -0.39 is 46.2 Å². The summed E-state index contributed by atoms with van der Waals surface area (Å²) in [6.07, 6.45) is -4.04. The Balaban J connectivity index is 1.84. The second-order valence-corrected chi connectivity index (χ2v) is 12.6. The molecule has 0 fully saturated rings. The van der Waals surface area contributed by atoms with Gasteiger partial charge in [-0.05, 0) is 60.0 Å². The minimum atomic E-state index is -4.77. The zero-order valence-corrected chi connectivity index (χ0v) is 26.8. The number of nitrogens with zero attached hydrogens (tertiary/aromatic N) is 2. The molecule has 0 aliphatic carbocycles. The lowest BCUT2D eigenvalue weighted by atomic mass is 10.0. The van der Waals surface area contributed by atoms with Crippen molar-refractivity contribution in [2.75, 3.05) is 24.5 Å². The SMILES string of the molecule is CCCNC(=O)[C@@H](Cc1ccccc1)N(Cc1cccc(OC)c1)C(=O)CN(c1cccc(C(F)(F)F)c1)S(=O)(=O)c1ccccc1. The molecule has 2 amide bonds. The van der Waals surface area contributed by atoms with E-state index in [0.717, 1.165) is 17.7 Å². The number of anilines is 1. The number of benzene rings is 4. The molecule has 248 valence electrons. The highest BCUT2D eigenvalue weighted by Gasteiger charge is 2.36. The van der Waals surface area contributed by atoms with E-state index >= 15 is 0 Å². The summed E-state index contributed by atoms with van der Waals surface area (Å²) in [7, 11) is -3.06. The van der Waals surface area contributed by atoms with Crippen LogP contribution in [0.4, 0.5) is 18.9 Å². The minimum Gasteiger partial charge on any atom is -0.497 e. The van der Waals surface area contributed by atoms with Crippen LogP contribution in [-0.2, 0) is 38.8 Å². The quantitative estimate of drug-likeness (QED) is 0.176. The third-order valence-electron chi connectivity index (χ3n) is 7.38. The highest BCUT2D eigenvalue weighted by atomic mass is 32.2. The molecular formula is C35H36F3N3O5S. The van der Waals surface area contributed by atoms with E-state index in [0.29, 0.717) is 34.7 Å². The fourth-order valence-electron chi connectivity index (χ4n) is 4.97. The summed E-state index contributed by atoms with van der Waals surface area (Å²) in [4.78, 5) is 29.2. The number of methoxy groups -OCH3 is 1. The molecule has 8 nitrogen and oxygen atoms in total. The molecule has 1 N–H and O–H groups in total. The van der Waals surface area contributed by atoms with Crippen molar-refractivity contribution in [2.45, 2.75) is 43.4 Å². The molecule has 12 heteroatoms. The summed E-state index contributed by atoms with van der Waals surface area (Å²) in [5.74, 6) is -0.747. The molecule has 0 unspecified atom stereocenters. The third-order valence-corrected chi connectivity index (χ3v) is 9.17. The molecule has 4 rings (SSSR count). The van der Waals surface area contributed by atoms with Gasteiger partial charge in [-0.3, -0.25) is 13.9 Å². The normalized spacial score (nSPS) is 12.2. The highest BCUT2D eigenvalue weighted by molar-refractivity contribution is 7.92. The minimum absolute atomic E-state index is 0.0983. The van der Waals surface area contributed by atoms with Gasteiger partial charge in [-0.15, -0.1) is 0 Å². The molecule has 0 radical (unpaired) electrons. The number of carbonyl (C=O) groups excluding carboxylic acids is 2. The Morgan fingerprint density at radius 1 is 0.851 bits per heavy atom. The summed E-state index contributed by atoms with van der Waals surface area (Å²) in [5.41, 5.74) is -0.0898. The largest absolute Gasteiger partial charge is 0.497 e. The lowest BCUT2D eigenvalue weighted by Gasteiger charge is -2.34. The molecule has 0 aliphatic rings. The Morgan fingerprint density at radius 2 is 1.49 bits per heavy atom. The fourth-order valence-corrected chi connectivity index (χ4v) is 6.40. The van der Waals surface area contributed by atoms with Gasteiger partial charge in [-0.25, -0.2) is 8.42 Å². The Labute approximate surface area is 272 Å². The second-order valence-electron chi connectivity index (χ2n) is 10.7. The van der Waals surface area contributed by atoms with Crippen molar-refractivity contribution in [3.8, 4) is 5.75 Å². The van der Waals surface area contributed by atoms with Crippen LogP contribution in [0.25, 0.3) is 0 Å². The number of carbonyl (C=O) groups is 2. The van der Waals surface area contributed by atoms with Crippen molar-refractivity contribution in [3.05, 3.63) is 126 Å². The van der Waals surface area contributed by atoms with Crippen LogP contribution in [0.2, 0.25) is 0 Å². The number of nitrogens with one attached hydrogen (secondary N) is 1. The lowest BCUT2D eigenvalue weighted by Crippen LogP contribution is -2.53. The van der Waals surface area contributed by atoms with Gasteiger partial charge >= 0.3 is 6.18 Å². The predicted octanol–water partition coefficient (Wildman–Crippen LogP) is 6.08. The van der Waals surface area contributed by atoms with E-state index in [1.807, 2.05) is 25.1 Å². The monoisotopic (exact) mass is 667 g/mol. The summed E-state index contributed by atoms with van der Waals surface area (Å²) >= 11 is 0. The molecule has 47 heavy (non-hydrogen) atoms. The Bertz CT molecular complexity index is 1750. The first kappa shape index (κ1) is 35.0. The number of rotatable bonds is 14. The van der Waals surface area contributed by atoms with Crippen LogP contribution in [0.15, 0.2) is 114 Å². The van der Waals surface area contributed by atoms with Gasteiger partial charge in [0.15, 0.2) is 0 Å². The van der Waals surface area contributed by atoms with E-state index in [2.05, 4.69) is 5.32 Å². The zero-order chi connectivity index (χ0) is 34.0. The smallest absolute Gasteiger partial charge is 0.416 e. The van der Waals surface area contributed by atoms with Crippen molar-refractivity contribution in [1.29, 1.82) is 0 Å². The van der Waals surface area contributed by atoms with E-state index in [1.165, 1.54) is 42.3 Å². The maximum atomic E-state index is 14.4. The van der Waals surface area contributed by atoms with Crippen LogP contribution in [0.5, 0.6) is 5.75 Å². The fraction of sp³-hybridized carbons (Fsp3) is 0.257. The van der Waals surface area contributed by atoms with Crippen LogP contribution in [0.1, 0.15) is 30.0 Å². The number of ether oxygens (including phenoxy) is 1. The van der Waals surface area contributed by atoms with Crippen LogP contribution in [0, 0.1) is 0 Å². The van der Waals surface area contributed by atoms with E-state index in [4.69, 9.17) is 4.74 Å². The molecule has 0 aliphatic heterocycles. The van der Waals surface area contributed by atoms with Gasteiger partial charge in [0, 0.05) is 19.5 Å². The number of amides is 2. The number of halogens is 3. The van der Waals surface area contributed by atoms with Gasteiger partial charge in [0.25, 0.3) is 10.0 Å². The Morgan fingerprint density at radius 3 is 2.13 bits per heavy atom. The first-order valence-electron chi connectivity index (χ1n) is 14.9. The molecule has 0 bridgehead atoms. The maximum absolute atomic E-state index is 14.4. The molecule has 0 aromatic heterocycles. The van der Waals surface area contributed by atoms with Gasteiger partial charge in [0.05, 0.1) is 23.3 Å². The van der Waals surface area contributed by atoms with Crippen molar-refractivity contribution >= 4 is 27.5 Å². The first-order chi connectivity index (χ1) is 22.4. The second kappa shape index (κ2) is 15.6. The Hall–Kier alpha value is -4.84. The van der Waals surface area contributed by atoms with Gasteiger partial charge in [-0.1, -0.05) is 73.7 Å². The number of hydrogen-bond acceptors (Lipinski definition) is 5. The van der Waals surface area contributed by atoms with Gasteiger partial charge in [0.2, 0.25) is 11.8 Å². The summed E-state index contributed by atoms with van der Waals surface area (Å²) < 4.78 is 75.3. The standard InChI is InChI=1S/C35H36F3N3O5S/c1-3-20-39-34(43)32(22-26-12-6-4-7-13-26)40(24-27-14-10-17-30(21-27)46-2)33(42)25-41(47(44,45)31-18-8-5-9-19-31)29-16-11-15-28(23-29)35(36,37)38/h4-19,21,23,32H,3,20,22,24-25H2,1-2H3,(H,39,43)/t32-/m1/s1. The van der Waals surface area contributed by atoms with Crippen LogP contribution >= 0.6 is 0 Å². The van der Waals surface area contributed by atoms with Gasteiger partial charge in [-0.2, -0.15) is 13.2 Å². The highest BCUT2D eigenvalue weighted by Crippen LogP contribution is 2.33. The van der Waals surface area contributed by atoms with Gasteiger partial charge < -0.3 is 15.0 Å². The molecule has 0 heterocycles. The van der Waals surface area contributed by atoms with E-state index in [-0.39, 0.29) is 23.5 Å². The molecular weight excluding hydrogens is 631 g/mol. The molecule has 4 aromatic rings. The van der Waals surface area contributed by atoms with Crippen molar-refractivity contribution in [3.63, 3.8) is 0 Å². The average Bonchev–Trinajstić information content (AvgIpc) is 3.08. The molecule has 1 atom stereocenters. The van der Waals surface area contributed by atoms with E-state index in [1.54, 1.807) is 42.5 Å². The van der Waals surface area contributed by atoms with E-state index in [9.17, 15) is 31.2 Å². The third kappa shape index (κ3) is 9.13. The average molecular weight is 668 g/mol. The van der Waals surface area contributed by atoms with Crippen LogP contribution in [0.3, 0.4) is 0 Å². The van der Waals surface area contributed by atoms with Crippen LogP contribution in [-0.4, -0.2) is 51.4 Å². The summed E-state index contributed by atoms with van der Waals surface area (Å²) in [6, 6.07) is 25.7. The van der Waals surface area contributed by atoms with Gasteiger partial charge in [0.1, 0.15) is 18.3 Å². The van der Waals surface area contributed by atoms with Crippen molar-refractivity contribution < 1.29 is 35.9 Å².